The summed E-state index contributed by atoms with van der Waals surface area (Å²) in [4.78, 5) is 0. The monoisotopic (exact) mass is 360 g/mol. The van der Waals surface area contributed by atoms with Gasteiger partial charge < -0.3 is 14.2 Å². The first-order valence-corrected chi connectivity index (χ1v) is 9.78. The van der Waals surface area contributed by atoms with E-state index in [1.807, 2.05) is 6.08 Å². The second-order valence-corrected chi connectivity index (χ2v) is 8.31. The summed E-state index contributed by atoms with van der Waals surface area (Å²) in [5.41, 5.74) is 2.65. The molecule has 3 heteroatoms. The Morgan fingerprint density at radius 3 is 2.42 bits per heavy atom. The van der Waals surface area contributed by atoms with Crippen molar-refractivity contribution >= 4 is 0 Å². The fraction of sp³-hybridized carbons (Fsp3) is 0.652. The van der Waals surface area contributed by atoms with Gasteiger partial charge in [0.25, 0.3) is 0 Å². The van der Waals surface area contributed by atoms with E-state index in [4.69, 9.17) is 14.2 Å². The van der Waals surface area contributed by atoms with E-state index in [1.54, 1.807) is 14.2 Å². The van der Waals surface area contributed by atoms with Gasteiger partial charge in [-0.05, 0) is 54.2 Å². The third-order valence-electron chi connectivity index (χ3n) is 5.91. The zero-order chi connectivity index (χ0) is 19.2. The van der Waals surface area contributed by atoms with E-state index in [0.717, 1.165) is 17.9 Å². The molecule has 26 heavy (non-hydrogen) atoms. The maximum absolute atomic E-state index is 6.45. The summed E-state index contributed by atoms with van der Waals surface area (Å²) in [6.07, 6.45) is 5.59. The molecule has 1 saturated carbocycles. The van der Waals surface area contributed by atoms with E-state index in [-0.39, 0.29) is 17.8 Å². The summed E-state index contributed by atoms with van der Waals surface area (Å²) >= 11 is 0. The average Bonchev–Trinajstić information content (AvgIpc) is 2.65. The number of benzene rings is 1. The lowest BCUT2D eigenvalue weighted by molar-refractivity contribution is -0.0688. The highest BCUT2D eigenvalue weighted by atomic mass is 16.7. The van der Waals surface area contributed by atoms with Gasteiger partial charge in [0, 0.05) is 14.2 Å². The lowest BCUT2D eigenvalue weighted by atomic mass is 9.64. The number of rotatable bonds is 8. The second-order valence-electron chi connectivity index (χ2n) is 8.31. The van der Waals surface area contributed by atoms with Crippen molar-refractivity contribution in [3.05, 3.63) is 47.5 Å². The van der Waals surface area contributed by atoms with Crippen molar-refractivity contribution in [3.63, 3.8) is 0 Å². The molecule has 3 atom stereocenters. The lowest BCUT2D eigenvalue weighted by Crippen LogP contribution is -2.42. The van der Waals surface area contributed by atoms with Crippen LogP contribution in [0.5, 0.6) is 0 Å². The molecule has 0 bridgehead atoms. The van der Waals surface area contributed by atoms with Crippen LogP contribution in [0.25, 0.3) is 0 Å². The minimum Gasteiger partial charge on any atom is -0.374 e. The average molecular weight is 361 g/mol. The highest BCUT2D eigenvalue weighted by Crippen LogP contribution is 2.43. The molecular weight excluding hydrogens is 324 g/mol. The molecule has 3 nitrogen and oxygen atoms in total. The first kappa shape index (κ1) is 21.1. The van der Waals surface area contributed by atoms with Gasteiger partial charge in [-0.15, -0.1) is 0 Å². The van der Waals surface area contributed by atoms with Gasteiger partial charge in [0.15, 0.2) is 6.29 Å². The lowest BCUT2D eigenvalue weighted by Gasteiger charge is -2.44. The van der Waals surface area contributed by atoms with Crippen LogP contribution >= 0.6 is 0 Å². The Labute approximate surface area is 159 Å². The summed E-state index contributed by atoms with van der Waals surface area (Å²) in [5.74, 6) is 1.24. The van der Waals surface area contributed by atoms with E-state index in [0.29, 0.717) is 12.5 Å². The fourth-order valence-corrected chi connectivity index (χ4v) is 4.17. The minimum absolute atomic E-state index is 0.102. The molecule has 0 aliphatic heterocycles. The number of hydrogen-bond donors (Lipinski definition) is 0. The van der Waals surface area contributed by atoms with Gasteiger partial charge in [0.1, 0.15) is 0 Å². The number of ether oxygens (including phenoxy) is 3. The fourth-order valence-electron chi connectivity index (χ4n) is 4.17. The normalized spacial score (nSPS) is 24.9. The highest BCUT2D eigenvalue weighted by Gasteiger charge is 2.40. The second kappa shape index (κ2) is 9.68. The first-order chi connectivity index (χ1) is 12.4. The van der Waals surface area contributed by atoms with Crippen LogP contribution in [0.4, 0.5) is 0 Å². The van der Waals surface area contributed by atoms with Gasteiger partial charge in [0.05, 0.1) is 12.7 Å². The Hall–Kier alpha value is -1.16. The van der Waals surface area contributed by atoms with Crippen molar-refractivity contribution in [3.8, 4) is 0 Å². The predicted molar refractivity (Wildman–Crippen MR) is 107 cm³/mol. The molecule has 0 radical (unpaired) electrons. The maximum Gasteiger partial charge on any atom is 0.176 e. The molecule has 0 unspecified atom stereocenters. The standard InChI is InChI=1S/C23H36O3/c1-17-12-13-20(23(3,4)19-10-8-7-9-11-19)21(14-17)26-16-18(2)15-22(24-5)25-6/h7-11,15,17,20-22H,12-14,16H2,1-6H3/b18-15+/t17-,20-,21-/m1/s1. The Balaban J connectivity index is 2.10. The summed E-state index contributed by atoms with van der Waals surface area (Å²) in [7, 11) is 3.31. The molecule has 0 saturated heterocycles. The molecule has 1 aliphatic rings. The van der Waals surface area contributed by atoms with Gasteiger partial charge in [0.2, 0.25) is 0 Å². The van der Waals surface area contributed by atoms with Crippen LogP contribution in [0.3, 0.4) is 0 Å². The number of hydrogen-bond acceptors (Lipinski definition) is 3. The first-order valence-electron chi connectivity index (χ1n) is 9.78. The van der Waals surface area contributed by atoms with Crippen molar-refractivity contribution in [2.24, 2.45) is 11.8 Å². The van der Waals surface area contributed by atoms with Gasteiger partial charge in [-0.25, -0.2) is 0 Å². The van der Waals surface area contributed by atoms with Crippen LogP contribution in [-0.4, -0.2) is 33.2 Å². The highest BCUT2D eigenvalue weighted by molar-refractivity contribution is 5.25. The van der Waals surface area contributed by atoms with Crippen LogP contribution in [0.1, 0.15) is 52.5 Å². The van der Waals surface area contributed by atoms with Gasteiger partial charge in [-0.2, -0.15) is 0 Å². The Morgan fingerprint density at radius 1 is 1.15 bits per heavy atom. The zero-order valence-corrected chi connectivity index (χ0v) is 17.3. The Morgan fingerprint density at radius 2 is 1.81 bits per heavy atom. The Kier molecular flexibility index (Phi) is 7.87. The van der Waals surface area contributed by atoms with Crippen molar-refractivity contribution in [1.82, 2.24) is 0 Å². The summed E-state index contributed by atoms with van der Waals surface area (Å²) in [6.45, 7) is 9.79. The van der Waals surface area contributed by atoms with E-state index >= 15 is 0 Å². The summed E-state index contributed by atoms with van der Waals surface area (Å²) in [5, 5.41) is 0. The molecule has 2 rings (SSSR count). The van der Waals surface area contributed by atoms with Crippen molar-refractivity contribution in [2.45, 2.75) is 64.8 Å². The molecule has 1 aromatic carbocycles. The van der Waals surface area contributed by atoms with Crippen LogP contribution < -0.4 is 0 Å². The topological polar surface area (TPSA) is 27.7 Å². The number of methoxy groups -OCH3 is 2. The third kappa shape index (κ3) is 5.42. The zero-order valence-electron chi connectivity index (χ0n) is 17.3. The molecule has 0 aromatic heterocycles. The minimum atomic E-state index is -0.305. The van der Waals surface area contributed by atoms with Crippen LogP contribution in [0, 0.1) is 11.8 Å². The van der Waals surface area contributed by atoms with Crippen molar-refractivity contribution in [1.29, 1.82) is 0 Å². The molecule has 0 heterocycles. The maximum atomic E-state index is 6.45. The summed E-state index contributed by atoms with van der Waals surface area (Å²) in [6, 6.07) is 10.9. The smallest absolute Gasteiger partial charge is 0.176 e. The van der Waals surface area contributed by atoms with E-state index in [9.17, 15) is 0 Å². The molecule has 0 N–H and O–H groups in total. The molecule has 1 aliphatic carbocycles. The van der Waals surface area contributed by atoms with E-state index < -0.39 is 0 Å². The largest absolute Gasteiger partial charge is 0.374 e. The van der Waals surface area contributed by atoms with Gasteiger partial charge in [-0.1, -0.05) is 57.5 Å². The molecular formula is C23H36O3. The van der Waals surface area contributed by atoms with Gasteiger partial charge in [-0.3, -0.25) is 0 Å². The van der Waals surface area contributed by atoms with Gasteiger partial charge >= 0.3 is 0 Å². The molecule has 0 amide bonds. The molecule has 1 aromatic rings. The molecule has 1 fully saturated rings. The predicted octanol–water partition coefficient (Wildman–Crippen LogP) is 5.35. The van der Waals surface area contributed by atoms with Crippen LogP contribution in [0.15, 0.2) is 42.0 Å². The van der Waals surface area contributed by atoms with Crippen molar-refractivity contribution < 1.29 is 14.2 Å². The molecule has 0 spiro atoms. The van der Waals surface area contributed by atoms with E-state index in [2.05, 4.69) is 58.0 Å². The van der Waals surface area contributed by atoms with Crippen LogP contribution in [0.2, 0.25) is 0 Å². The van der Waals surface area contributed by atoms with E-state index in [1.165, 1.54) is 18.4 Å². The Bertz CT molecular complexity index is 560. The quantitative estimate of drug-likeness (QED) is 0.462. The third-order valence-corrected chi connectivity index (χ3v) is 5.91. The van der Waals surface area contributed by atoms with Crippen LogP contribution in [-0.2, 0) is 19.6 Å². The summed E-state index contributed by atoms with van der Waals surface area (Å²) < 4.78 is 17.0. The SMILES string of the molecule is COC(/C=C(\C)CO[C@@H]1C[C@H](C)CC[C@H]1C(C)(C)c1ccccc1)OC. The molecule has 146 valence electrons. The van der Waals surface area contributed by atoms with Crippen molar-refractivity contribution in [2.75, 3.05) is 20.8 Å².